The van der Waals surface area contributed by atoms with Gasteiger partial charge in [-0.2, -0.15) is 0 Å². The molecule has 0 bridgehead atoms. The topological polar surface area (TPSA) is 34.1 Å². The van der Waals surface area contributed by atoms with Crippen LogP contribution in [0.15, 0.2) is 58.2 Å². The van der Waals surface area contributed by atoms with Gasteiger partial charge in [0.15, 0.2) is 0 Å². The van der Waals surface area contributed by atoms with Crippen molar-refractivity contribution < 1.29 is 9.59 Å². The number of rotatable bonds is 18. The predicted molar refractivity (Wildman–Crippen MR) is 141 cm³/mol. The number of unbranched alkanes of at least 4 members (excludes halogenated alkanes) is 1. The van der Waals surface area contributed by atoms with Gasteiger partial charge in [0.05, 0.1) is 0 Å². The first-order valence-electron chi connectivity index (χ1n) is 12.5. The van der Waals surface area contributed by atoms with Gasteiger partial charge in [-0.3, -0.25) is 4.79 Å². The van der Waals surface area contributed by atoms with Crippen LogP contribution in [0.25, 0.3) is 0 Å². The fourth-order valence-electron chi connectivity index (χ4n) is 3.57. The lowest BCUT2D eigenvalue weighted by Crippen LogP contribution is -2.01. The van der Waals surface area contributed by atoms with E-state index >= 15 is 0 Å². The summed E-state index contributed by atoms with van der Waals surface area (Å²) in [6, 6.07) is 0. The van der Waals surface area contributed by atoms with E-state index in [0.717, 1.165) is 88.8 Å². The number of carbonyl (C=O) groups excluding carboxylic acids is 2. The van der Waals surface area contributed by atoms with E-state index in [1.165, 1.54) is 22.3 Å². The van der Waals surface area contributed by atoms with Crippen LogP contribution in [-0.2, 0) is 9.59 Å². The molecule has 0 aromatic rings. The lowest BCUT2D eigenvalue weighted by atomic mass is 9.96. The van der Waals surface area contributed by atoms with E-state index in [1.807, 2.05) is 0 Å². The molecule has 0 N–H and O–H groups in total. The predicted octanol–water partition coefficient (Wildman–Crippen LogP) is 9.04. The number of allylic oxidation sites excluding steroid dienone is 10. The zero-order valence-electron chi connectivity index (χ0n) is 21.7. The van der Waals surface area contributed by atoms with Crippen LogP contribution < -0.4 is 0 Å². The summed E-state index contributed by atoms with van der Waals surface area (Å²) in [7, 11) is 0. The molecular formula is C30H48O2. The maximum absolute atomic E-state index is 11.4. The summed E-state index contributed by atoms with van der Waals surface area (Å²) >= 11 is 0. The average Bonchev–Trinajstić information content (AvgIpc) is 2.73. The molecule has 0 aromatic carbocycles. The van der Waals surface area contributed by atoms with Gasteiger partial charge in [0.1, 0.15) is 12.6 Å². The molecule has 0 aliphatic rings. The van der Waals surface area contributed by atoms with Crippen LogP contribution in [-0.4, -0.2) is 12.6 Å². The normalized spacial score (nSPS) is 13.5. The third-order valence-corrected chi connectivity index (χ3v) is 5.67. The molecular weight excluding hydrogens is 392 g/mol. The number of aldehydes is 2. The zero-order chi connectivity index (χ0) is 24.2. The molecule has 0 rings (SSSR count). The van der Waals surface area contributed by atoms with Gasteiger partial charge in [0, 0.05) is 5.92 Å². The molecule has 0 radical (unpaired) electrons. The second kappa shape index (κ2) is 19.7. The van der Waals surface area contributed by atoms with Crippen LogP contribution in [0.2, 0.25) is 0 Å². The summed E-state index contributed by atoms with van der Waals surface area (Å²) in [6.07, 6.45) is 24.0. The third kappa shape index (κ3) is 18.8. The van der Waals surface area contributed by atoms with Crippen LogP contribution >= 0.6 is 0 Å². The van der Waals surface area contributed by atoms with Gasteiger partial charge in [-0.05, 0) is 118 Å². The van der Waals surface area contributed by atoms with Gasteiger partial charge >= 0.3 is 0 Å². The second-order valence-electron chi connectivity index (χ2n) is 9.58. The second-order valence-corrected chi connectivity index (χ2v) is 9.58. The number of carbonyl (C=O) groups is 2. The maximum atomic E-state index is 11.4. The maximum Gasteiger partial charge on any atom is 0.145 e. The average molecular weight is 441 g/mol. The van der Waals surface area contributed by atoms with Crippen molar-refractivity contribution in [1.29, 1.82) is 0 Å². The summed E-state index contributed by atoms with van der Waals surface area (Å²) in [5.41, 5.74) is 6.42. The molecule has 0 saturated carbocycles. The molecule has 0 saturated heterocycles. The highest BCUT2D eigenvalue weighted by Crippen LogP contribution is 2.17. The molecule has 0 aliphatic carbocycles. The van der Waals surface area contributed by atoms with Crippen molar-refractivity contribution in [2.24, 2.45) is 5.92 Å². The Morgan fingerprint density at radius 2 is 1.12 bits per heavy atom. The van der Waals surface area contributed by atoms with E-state index in [2.05, 4.69) is 71.9 Å². The Kier molecular flexibility index (Phi) is 18.5. The summed E-state index contributed by atoms with van der Waals surface area (Å²) < 4.78 is 0. The molecule has 0 aromatic heterocycles. The van der Waals surface area contributed by atoms with Crippen molar-refractivity contribution in [2.45, 2.75) is 112 Å². The lowest BCUT2D eigenvalue weighted by molar-refractivity contribution is -0.111. The van der Waals surface area contributed by atoms with Crippen LogP contribution in [0.1, 0.15) is 112 Å². The van der Waals surface area contributed by atoms with Crippen LogP contribution in [0, 0.1) is 5.92 Å². The Balaban J connectivity index is 4.23. The first-order valence-corrected chi connectivity index (χ1v) is 12.5. The fourth-order valence-corrected chi connectivity index (χ4v) is 3.57. The van der Waals surface area contributed by atoms with Crippen molar-refractivity contribution >= 4 is 12.6 Å². The SMILES string of the molecule is CC(C)=CCC/C(C)=C/CC/C(C=O)=C\CCCC(C=O)CC/C=C(\C)CCC=C(C)C. The minimum atomic E-state index is 0.122. The lowest BCUT2D eigenvalue weighted by Gasteiger charge is -2.08. The van der Waals surface area contributed by atoms with E-state index in [4.69, 9.17) is 0 Å². The summed E-state index contributed by atoms with van der Waals surface area (Å²) in [5.74, 6) is 0.122. The van der Waals surface area contributed by atoms with Gasteiger partial charge in [-0.25, -0.2) is 0 Å². The highest BCUT2D eigenvalue weighted by molar-refractivity contribution is 5.73. The molecule has 0 amide bonds. The first kappa shape index (κ1) is 30.0. The van der Waals surface area contributed by atoms with E-state index in [-0.39, 0.29) is 5.92 Å². The molecule has 0 heterocycles. The number of hydrogen-bond donors (Lipinski definition) is 0. The standard InChI is InChI=1S/C30H48O2/c1-25(2)13-9-15-27(5)17-11-21-29(23-31)19-7-8-20-30(24-32)22-12-18-28(6)16-10-14-26(3)4/h13-14,17-19,23-24,30H,7-12,15-16,20-22H2,1-6H3/b27-17+,28-18+,29-19+. The smallest absolute Gasteiger partial charge is 0.145 e. The van der Waals surface area contributed by atoms with E-state index in [9.17, 15) is 9.59 Å². The Morgan fingerprint density at radius 1 is 0.594 bits per heavy atom. The Hall–Kier alpha value is -1.96. The first-order chi connectivity index (χ1) is 15.3. The summed E-state index contributed by atoms with van der Waals surface area (Å²) in [5, 5.41) is 0. The largest absolute Gasteiger partial charge is 0.303 e. The van der Waals surface area contributed by atoms with E-state index in [1.54, 1.807) is 0 Å². The molecule has 32 heavy (non-hydrogen) atoms. The van der Waals surface area contributed by atoms with Gasteiger partial charge < -0.3 is 4.79 Å². The van der Waals surface area contributed by atoms with E-state index in [0.29, 0.717) is 0 Å². The minimum absolute atomic E-state index is 0.122. The van der Waals surface area contributed by atoms with Gasteiger partial charge in [-0.15, -0.1) is 0 Å². The summed E-state index contributed by atoms with van der Waals surface area (Å²) in [4.78, 5) is 22.8. The van der Waals surface area contributed by atoms with Crippen molar-refractivity contribution in [1.82, 2.24) is 0 Å². The third-order valence-electron chi connectivity index (χ3n) is 5.67. The Bertz CT molecular complexity index is 678. The highest BCUT2D eigenvalue weighted by Gasteiger charge is 2.06. The quantitative estimate of drug-likeness (QED) is 0.0921. The zero-order valence-corrected chi connectivity index (χ0v) is 21.7. The molecule has 0 fully saturated rings. The van der Waals surface area contributed by atoms with Crippen LogP contribution in [0.5, 0.6) is 0 Å². The monoisotopic (exact) mass is 440 g/mol. The van der Waals surface area contributed by atoms with Crippen molar-refractivity contribution in [2.75, 3.05) is 0 Å². The summed E-state index contributed by atoms with van der Waals surface area (Å²) in [6.45, 7) is 12.9. The van der Waals surface area contributed by atoms with Crippen LogP contribution in [0.4, 0.5) is 0 Å². The molecule has 2 heteroatoms. The molecule has 2 nitrogen and oxygen atoms in total. The molecule has 1 atom stereocenters. The molecule has 0 spiro atoms. The van der Waals surface area contributed by atoms with Crippen molar-refractivity contribution in [3.05, 3.63) is 58.2 Å². The van der Waals surface area contributed by atoms with E-state index < -0.39 is 0 Å². The molecule has 0 aliphatic heterocycles. The van der Waals surface area contributed by atoms with Crippen LogP contribution in [0.3, 0.4) is 0 Å². The highest BCUT2D eigenvalue weighted by atomic mass is 16.1. The molecule has 180 valence electrons. The Labute approximate surface area is 198 Å². The fraction of sp³-hybridized carbons (Fsp3) is 0.600. The van der Waals surface area contributed by atoms with Crippen molar-refractivity contribution in [3.63, 3.8) is 0 Å². The Morgan fingerprint density at radius 3 is 1.62 bits per heavy atom. The van der Waals surface area contributed by atoms with Gasteiger partial charge in [0.2, 0.25) is 0 Å². The molecule has 1 unspecified atom stereocenters. The van der Waals surface area contributed by atoms with Gasteiger partial charge in [0.25, 0.3) is 0 Å². The number of hydrogen-bond acceptors (Lipinski definition) is 2. The van der Waals surface area contributed by atoms with Crippen molar-refractivity contribution in [3.8, 4) is 0 Å². The van der Waals surface area contributed by atoms with Gasteiger partial charge in [-0.1, -0.05) is 52.7 Å². The minimum Gasteiger partial charge on any atom is -0.303 e.